The van der Waals surface area contributed by atoms with Crippen LogP contribution in [0.15, 0.2) is 0 Å². The third kappa shape index (κ3) is 1.62. The van der Waals surface area contributed by atoms with Crippen LogP contribution in [0.3, 0.4) is 0 Å². The molecule has 0 aromatic rings. The van der Waals surface area contributed by atoms with E-state index in [-0.39, 0.29) is 11.5 Å². The van der Waals surface area contributed by atoms with E-state index in [1.807, 2.05) is 0 Å². The van der Waals surface area contributed by atoms with Crippen molar-refractivity contribution < 1.29 is 13.2 Å². The predicted octanol–water partition coefficient (Wildman–Crippen LogP) is 0.389. The summed E-state index contributed by atoms with van der Waals surface area (Å²) >= 11 is 0. The highest BCUT2D eigenvalue weighted by Crippen LogP contribution is 2.27. The first kappa shape index (κ1) is 10.7. The number of carbonyl (C=O) groups excluding carboxylic acids is 1. The van der Waals surface area contributed by atoms with E-state index in [0.29, 0.717) is 13.0 Å². The van der Waals surface area contributed by atoms with Gasteiger partial charge in [-0.15, -0.1) is 0 Å². The minimum atomic E-state index is -3.23. The Hall–Kier alpha value is -0.420. The molecule has 1 rings (SSSR count). The zero-order valence-corrected chi connectivity index (χ0v) is 9.02. The van der Waals surface area contributed by atoms with Gasteiger partial charge in [-0.2, -0.15) is 4.31 Å². The highest BCUT2D eigenvalue weighted by Gasteiger charge is 2.45. The molecule has 13 heavy (non-hydrogen) atoms. The lowest BCUT2D eigenvalue weighted by Gasteiger charge is -2.28. The third-order valence-electron chi connectivity index (χ3n) is 2.55. The van der Waals surface area contributed by atoms with Crippen LogP contribution in [0.4, 0.5) is 0 Å². The van der Waals surface area contributed by atoms with Gasteiger partial charge in [-0.05, 0) is 20.8 Å². The Bertz CT molecular complexity index is 318. The van der Waals surface area contributed by atoms with Gasteiger partial charge in [0, 0.05) is 13.0 Å². The number of hydrogen-bond donors (Lipinski definition) is 0. The smallest absolute Gasteiger partial charge is 0.214 e. The fourth-order valence-corrected chi connectivity index (χ4v) is 3.05. The van der Waals surface area contributed by atoms with Crippen molar-refractivity contribution in [3.63, 3.8) is 0 Å². The molecule has 1 saturated heterocycles. The summed E-state index contributed by atoms with van der Waals surface area (Å²) in [5, 5.41) is 0. The number of Topliss-reactive ketones (excluding diaryl/α,β-unsaturated/α-hetero) is 1. The summed E-state index contributed by atoms with van der Waals surface area (Å²) in [4.78, 5) is 11.4. The van der Waals surface area contributed by atoms with E-state index in [1.54, 1.807) is 20.8 Å². The second kappa shape index (κ2) is 3.06. The first-order chi connectivity index (χ1) is 5.82. The van der Waals surface area contributed by atoms with Gasteiger partial charge in [0.25, 0.3) is 0 Å². The van der Waals surface area contributed by atoms with Gasteiger partial charge < -0.3 is 0 Å². The fourth-order valence-electron chi connectivity index (χ4n) is 1.57. The summed E-state index contributed by atoms with van der Waals surface area (Å²) in [6.45, 7) is 5.25. The van der Waals surface area contributed by atoms with Crippen LogP contribution in [0.5, 0.6) is 0 Å². The molecule has 0 bridgehead atoms. The number of carbonyl (C=O) groups is 1. The van der Waals surface area contributed by atoms with Crippen LogP contribution < -0.4 is 0 Å². The number of ketones is 1. The molecule has 0 amide bonds. The topological polar surface area (TPSA) is 54.5 Å². The Balaban J connectivity index is 3.04. The SMILES string of the molecule is CCS(=O)(=O)N1CCC(=O)C1(C)C. The maximum Gasteiger partial charge on any atom is 0.214 e. The van der Waals surface area contributed by atoms with Crippen molar-refractivity contribution in [2.24, 2.45) is 0 Å². The van der Waals surface area contributed by atoms with E-state index in [0.717, 1.165) is 0 Å². The van der Waals surface area contributed by atoms with Crippen molar-refractivity contribution in [2.45, 2.75) is 32.7 Å². The van der Waals surface area contributed by atoms with E-state index >= 15 is 0 Å². The Morgan fingerprint density at radius 1 is 1.46 bits per heavy atom. The predicted molar refractivity (Wildman–Crippen MR) is 49.9 cm³/mol. The normalized spacial score (nSPS) is 23.8. The van der Waals surface area contributed by atoms with Crippen LogP contribution in [0, 0.1) is 0 Å². The molecule has 0 radical (unpaired) electrons. The lowest BCUT2D eigenvalue weighted by Crippen LogP contribution is -2.46. The Morgan fingerprint density at radius 3 is 2.31 bits per heavy atom. The molecule has 0 aliphatic carbocycles. The summed E-state index contributed by atoms with van der Waals surface area (Å²) in [5.74, 6) is 0.0634. The van der Waals surface area contributed by atoms with E-state index in [4.69, 9.17) is 0 Å². The van der Waals surface area contributed by atoms with Crippen LogP contribution in [0.1, 0.15) is 27.2 Å². The molecule has 0 atom stereocenters. The van der Waals surface area contributed by atoms with E-state index in [2.05, 4.69) is 0 Å². The largest absolute Gasteiger partial charge is 0.298 e. The minimum absolute atomic E-state index is 0.00419. The Morgan fingerprint density at radius 2 is 2.00 bits per heavy atom. The van der Waals surface area contributed by atoms with E-state index in [9.17, 15) is 13.2 Å². The number of hydrogen-bond acceptors (Lipinski definition) is 3. The van der Waals surface area contributed by atoms with Gasteiger partial charge in [0.15, 0.2) is 5.78 Å². The van der Waals surface area contributed by atoms with Gasteiger partial charge in [0.2, 0.25) is 10.0 Å². The number of nitrogens with zero attached hydrogens (tertiary/aromatic N) is 1. The zero-order valence-electron chi connectivity index (χ0n) is 8.20. The molecule has 0 unspecified atom stereocenters. The van der Waals surface area contributed by atoms with Gasteiger partial charge in [0.1, 0.15) is 0 Å². The first-order valence-corrected chi connectivity index (χ1v) is 5.97. The molecule has 0 N–H and O–H groups in total. The van der Waals surface area contributed by atoms with E-state index < -0.39 is 15.6 Å². The highest BCUT2D eigenvalue weighted by atomic mass is 32.2. The molecule has 0 aromatic heterocycles. The standard InChI is InChI=1S/C8H15NO3S/c1-4-13(11,12)9-6-5-7(10)8(9,2)3/h4-6H2,1-3H3. The van der Waals surface area contributed by atoms with Crippen molar-refractivity contribution in [1.82, 2.24) is 4.31 Å². The van der Waals surface area contributed by atoms with Gasteiger partial charge in [0.05, 0.1) is 11.3 Å². The summed E-state index contributed by atoms with van der Waals surface area (Å²) in [6, 6.07) is 0. The minimum Gasteiger partial charge on any atom is -0.298 e. The molecule has 5 heteroatoms. The molecule has 1 aliphatic rings. The summed E-state index contributed by atoms with van der Waals surface area (Å²) in [5.41, 5.74) is -0.838. The molecular weight excluding hydrogens is 190 g/mol. The molecule has 4 nitrogen and oxygen atoms in total. The average molecular weight is 205 g/mol. The van der Waals surface area contributed by atoms with Gasteiger partial charge in [-0.1, -0.05) is 0 Å². The van der Waals surface area contributed by atoms with Crippen LogP contribution >= 0.6 is 0 Å². The third-order valence-corrected chi connectivity index (χ3v) is 4.59. The van der Waals surface area contributed by atoms with Crippen LogP contribution in [-0.4, -0.2) is 36.3 Å². The average Bonchev–Trinajstić information content (AvgIpc) is 2.28. The molecule has 1 aliphatic heterocycles. The molecule has 0 aromatic carbocycles. The number of sulfonamides is 1. The van der Waals surface area contributed by atoms with Crippen molar-refractivity contribution in [3.05, 3.63) is 0 Å². The Kier molecular flexibility index (Phi) is 2.51. The maximum absolute atomic E-state index is 11.5. The first-order valence-electron chi connectivity index (χ1n) is 4.36. The molecule has 1 heterocycles. The molecule has 1 fully saturated rings. The molecule has 0 saturated carbocycles. The maximum atomic E-state index is 11.5. The summed E-state index contributed by atoms with van der Waals surface area (Å²) in [6.07, 6.45) is 0.340. The van der Waals surface area contributed by atoms with Crippen LogP contribution in [0.2, 0.25) is 0 Å². The van der Waals surface area contributed by atoms with Crippen molar-refractivity contribution in [1.29, 1.82) is 0 Å². The van der Waals surface area contributed by atoms with Gasteiger partial charge in [-0.3, -0.25) is 4.79 Å². The highest BCUT2D eigenvalue weighted by molar-refractivity contribution is 7.89. The summed E-state index contributed by atoms with van der Waals surface area (Å²) in [7, 11) is -3.23. The lowest BCUT2D eigenvalue weighted by molar-refractivity contribution is -0.122. The second-order valence-corrected chi connectivity index (χ2v) is 5.89. The van der Waals surface area contributed by atoms with Crippen LogP contribution in [0.25, 0.3) is 0 Å². The number of rotatable bonds is 2. The van der Waals surface area contributed by atoms with Crippen molar-refractivity contribution >= 4 is 15.8 Å². The van der Waals surface area contributed by atoms with Crippen molar-refractivity contribution in [3.8, 4) is 0 Å². The van der Waals surface area contributed by atoms with Gasteiger partial charge in [-0.25, -0.2) is 8.42 Å². The molecule has 76 valence electrons. The molecule has 0 spiro atoms. The van der Waals surface area contributed by atoms with Gasteiger partial charge >= 0.3 is 0 Å². The Labute approximate surface area is 79.0 Å². The zero-order chi connectivity index (χ0) is 10.3. The fraction of sp³-hybridized carbons (Fsp3) is 0.875. The summed E-state index contributed by atoms with van der Waals surface area (Å²) < 4.78 is 24.4. The quantitative estimate of drug-likeness (QED) is 0.655. The lowest BCUT2D eigenvalue weighted by atomic mass is 10.0. The second-order valence-electron chi connectivity index (χ2n) is 3.70. The molecular formula is C8H15NO3S. The van der Waals surface area contributed by atoms with Crippen LogP contribution in [-0.2, 0) is 14.8 Å². The monoisotopic (exact) mass is 205 g/mol. The van der Waals surface area contributed by atoms with Crippen molar-refractivity contribution in [2.75, 3.05) is 12.3 Å². The van der Waals surface area contributed by atoms with E-state index in [1.165, 1.54) is 4.31 Å².